The molecule has 0 radical (unpaired) electrons. The minimum absolute atomic E-state index is 0.109. The molecule has 3 aliphatic rings. The largest absolute Gasteiger partial charge is 0.481 e. The Kier molecular flexibility index (Phi) is 3.74. The Morgan fingerprint density at radius 2 is 1.64 bits per heavy atom. The molecule has 0 bridgehead atoms. The van der Waals surface area contributed by atoms with Gasteiger partial charge >= 0.3 is 5.97 Å². The highest BCUT2D eigenvalue weighted by Gasteiger charge is 2.50. The zero-order valence-corrected chi connectivity index (χ0v) is 13.5. The number of hydrogen-bond donors (Lipinski definition) is 1. The topological polar surface area (TPSA) is 96.4 Å². The molecule has 1 saturated carbocycles. The zero-order valence-electron chi connectivity index (χ0n) is 13.5. The fraction of sp³-hybridized carbons (Fsp3) is 0.471. The molecule has 8 nitrogen and oxygen atoms in total. The van der Waals surface area contributed by atoms with Crippen molar-refractivity contribution in [3.63, 3.8) is 0 Å². The van der Waals surface area contributed by atoms with Crippen LogP contribution in [0.1, 0.15) is 16.8 Å². The standard InChI is InChI=1S/C17H18N2O6/c20-15(10-1-2-13-14(7-10)25-9-24-13)18-3-5-19(6-4-18)16(21)11-8-12(11)17(22)23/h1-2,7,11-12H,3-6,8-9H2,(H,22,23). The third-order valence-corrected chi connectivity index (χ3v) is 4.92. The highest BCUT2D eigenvalue weighted by Crippen LogP contribution is 2.40. The van der Waals surface area contributed by atoms with Crippen LogP contribution in [0.15, 0.2) is 18.2 Å². The molecule has 2 fully saturated rings. The second kappa shape index (κ2) is 5.94. The van der Waals surface area contributed by atoms with E-state index >= 15 is 0 Å². The van der Waals surface area contributed by atoms with Crippen LogP contribution in [0.3, 0.4) is 0 Å². The van der Waals surface area contributed by atoms with Gasteiger partial charge in [0.05, 0.1) is 11.8 Å². The summed E-state index contributed by atoms with van der Waals surface area (Å²) in [4.78, 5) is 39.1. The van der Waals surface area contributed by atoms with E-state index in [1.807, 2.05) is 0 Å². The van der Waals surface area contributed by atoms with Crippen LogP contribution in [-0.4, -0.2) is 65.7 Å². The van der Waals surface area contributed by atoms with E-state index in [1.54, 1.807) is 28.0 Å². The number of amides is 2. The van der Waals surface area contributed by atoms with Crippen LogP contribution < -0.4 is 9.47 Å². The number of piperazine rings is 1. The van der Waals surface area contributed by atoms with Crippen LogP contribution in [0, 0.1) is 11.8 Å². The Morgan fingerprint density at radius 1 is 0.960 bits per heavy atom. The van der Waals surface area contributed by atoms with Gasteiger partial charge in [0.25, 0.3) is 5.91 Å². The first-order valence-corrected chi connectivity index (χ1v) is 8.25. The molecule has 2 aliphatic heterocycles. The molecule has 1 aliphatic carbocycles. The Hall–Kier alpha value is -2.77. The first kappa shape index (κ1) is 15.7. The van der Waals surface area contributed by atoms with Gasteiger partial charge in [0.2, 0.25) is 12.7 Å². The molecule has 2 atom stereocenters. The van der Waals surface area contributed by atoms with Crippen molar-refractivity contribution in [1.29, 1.82) is 0 Å². The van der Waals surface area contributed by atoms with Crippen LogP contribution in [0.25, 0.3) is 0 Å². The fourth-order valence-electron chi connectivity index (χ4n) is 3.32. The molecule has 0 aromatic heterocycles. The molecule has 1 saturated heterocycles. The number of carboxylic acids is 1. The van der Waals surface area contributed by atoms with Gasteiger partial charge in [0, 0.05) is 31.7 Å². The van der Waals surface area contributed by atoms with E-state index in [2.05, 4.69) is 0 Å². The van der Waals surface area contributed by atoms with Gasteiger partial charge in [0.1, 0.15) is 0 Å². The van der Waals surface area contributed by atoms with Crippen molar-refractivity contribution in [1.82, 2.24) is 9.80 Å². The van der Waals surface area contributed by atoms with Gasteiger partial charge in [-0.2, -0.15) is 0 Å². The Bertz CT molecular complexity index is 741. The SMILES string of the molecule is O=C(O)C1CC1C(=O)N1CCN(C(=O)c2ccc3c(c2)OCO3)CC1. The van der Waals surface area contributed by atoms with Crippen LogP contribution >= 0.6 is 0 Å². The van der Waals surface area contributed by atoms with E-state index in [-0.39, 0.29) is 18.6 Å². The maximum atomic E-state index is 12.6. The summed E-state index contributed by atoms with van der Waals surface area (Å²) in [6.45, 7) is 1.88. The minimum Gasteiger partial charge on any atom is -0.481 e. The summed E-state index contributed by atoms with van der Waals surface area (Å²) in [5.74, 6) is -0.871. The quantitative estimate of drug-likeness (QED) is 0.852. The van der Waals surface area contributed by atoms with Gasteiger partial charge in [-0.15, -0.1) is 0 Å². The Labute approximate surface area is 143 Å². The summed E-state index contributed by atoms with van der Waals surface area (Å²) in [5, 5.41) is 8.94. The lowest BCUT2D eigenvalue weighted by atomic mass is 10.1. The van der Waals surface area contributed by atoms with Crippen LogP contribution in [-0.2, 0) is 9.59 Å². The van der Waals surface area contributed by atoms with Crippen molar-refractivity contribution in [2.45, 2.75) is 6.42 Å². The smallest absolute Gasteiger partial charge is 0.307 e. The summed E-state index contributed by atoms with van der Waals surface area (Å²) in [5.41, 5.74) is 0.525. The molecule has 25 heavy (non-hydrogen) atoms. The lowest BCUT2D eigenvalue weighted by Crippen LogP contribution is -2.51. The summed E-state index contributed by atoms with van der Waals surface area (Å²) in [6, 6.07) is 5.09. The van der Waals surface area contributed by atoms with Gasteiger partial charge in [-0.3, -0.25) is 14.4 Å². The Morgan fingerprint density at radius 3 is 2.32 bits per heavy atom. The molecule has 132 valence electrons. The van der Waals surface area contributed by atoms with E-state index in [0.29, 0.717) is 49.7 Å². The maximum Gasteiger partial charge on any atom is 0.307 e. The second-order valence-corrected chi connectivity index (χ2v) is 6.47. The molecule has 1 aromatic rings. The number of fused-ring (bicyclic) bond motifs is 1. The highest BCUT2D eigenvalue weighted by molar-refractivity contribution is 5.95. The van der Waals surface area contributed by atoms with Crippen molar-refractivity contribution in [3.8, 4) is 11.5 Å². The number of nitrogens with zero attached hydrogens (tertiary/aromatic N) is 2. The molecule has 2 amide bonds. The molecular formula is C17H18N2O6. The Balaban J connectivity index is 1.35. The molecular weight excluding hydrogens is 328 g/mol. The van der Waals surface area contributed by atoms with Crippen molar-refractivity contribution < 1.29 is 29.0 Å². The number of aliphatic carboxylic acids is 1. The van der Waals surface area contributed by atoms with Crippen LogP contribution in [0.2, 0.25) is 0 Å². The predicted molar refractivity (Wildman–Crippen MR) is 84.3 cm³/mol. The number of ether oxygens (including phenoxy) is 2. The lowest BCUT2D eigenvalue weighted by molar-refractivity contribution is -0.142. The van der Waals surface area contributed by atoms with E-state index in [4.69, 9.17) is 14.6 Å². The minimum atomic E-state index is -0.907. The van der Waals surface area contributed by atoms with Crippen molar-refractivity contribution in [2.75, 3.05) is 33.0 Å². The third kappa shape index (κ3) is 2.88. The summed E-state index contributed by atoms with van der Waals surface area (Å²) < 4.78 is 10.5. The molecule has 8 heteroatoms. The first-order chi connectivity index (χ1) is 12.0. The van der Waals surface area contributed by atoms with Gasteiger partial charge in [-0.25, -0.2) is 0 Å². The summed E-state index contributed by atoms with van der Waals surface area (Å²) in [7, 11) is 0. The average molecular weight is 346 g/mol. The molecule has 0 spiro atoms. The zero-order chi connectivity index (χ0) is 17.6. The number of rotatable bonds is 3. The van der Waals surface area contributed by atoms with Gasteiger partial charge in [0.15, 0.2) is 11.5 Å². The molecule has 1 N–H and O–H groups in total. The van der Waals surface area contributed by atoms with Crippen LogP contribution in [0.5, 0.6) is 11.5 Å². The molecule has 4 rings (SSSR count). The molecule has 2 unspecified atom stereocenters. The molecule has 2 heterocycles. The van der Waals surface area contributed by atoms with E-state index in [9.17, 15) is 14.4 Å². The van der Waals surface area contributed by atoms with E-state index in [0.717, 1.165) is 0 Å². The van der Waals surface area contributed by atoms with Crippen LogP contribution in [0.4, 0.5) is 0 Å². The third-order valence-electron chi connectivity index (χ3n) is 4.92. The number of carbonyl (C=O) groups is 3. The highest BCUT2D eigenvalue weighted by atomic mass is 16.7. The van der Waals surface area contributed by atoms with Gasteiger partial charge in [-0.05, 0) is 24.6 Å². The van der Waals surface area contributed by atoms with E-state index in [1.165, 1.54) is 0 Å². The van der Waals surface area contributed by atoms with Crippen molar-refractivity contribution >= 4 is 17.8 Å². The van der Waals surface area contributed by atoms with Gasteiger partial charge in [-0.1, -0.05) is 0 Å². The first-order valence-electron chi connectivity index (χ1n) is 8.25. The monoisotopic (exact) mass is 346 g/mol. The fourth-order valence-corrected chi connectivity index (χ4v) is 3.32. The van der Waals surface area contributed by atoms with Crippen molar-refractivity contribution in [2.24, 2.45) is 11.8 Å². The van der Waals surface area contributed by atoms with Gasteiger partial charge < -0.3 is 24.4 Å². The number of carboxylic acid groups (broad SMARTS) is 1. The number of carbonyl (C=O) groups excluding carboxylic acids is 2. The summed E-state index contributed by atoms with van der Waals surface area (Å²) >= 11 is 0. The predicted octanol–water partition coefficient (Wildman–Crippen LogP) is 0.420. The summed E-state index contributed by atoms with van der Waals surface area (Å²) in [6.07, 6.45) is 0.421. The van der Waals surface area contributed by atoms with Crippen molar-refractivity contribution in [3.05, 3.63) is 23.8 Å². The number of benzene rings is 1. The lowest BCUT2D eigenvalue weighted by Gasteiger charge is -2.35. The average Bonchev–Trinajstić information content (AvgIpc) is 3.30. The molecule has 1 aromatic carbocycles. The maximum absolute atomic E-state index is 12.6. The normalized spacial score (nSPS) is 24.2. The number of hydrogen-bond acceptors (Lipinski definition) is 5. The second-order valence-electron chi connectivity index (χ2n) is 6.47. The van der Waals surface area contributed by atoms with E-state index < -0.39 is 17.8 Å².